The Morgan fingerprint density at radius 1 is 1.21 bits per heavy atom. The molecule has 0 radical (unpaired) electrons. The maximum absolute atomic E-state index is 12.4. The number of hydrogen-bond acceptors (Lipinski definition) is 3. The first-order valence-electron chi connectivity index (χ1n) is 7.70. The first kappa shape index (κ1) is 12.9. The fourth-order valence-corrected chi connectivity index (χ4v) is 3.54. The van der Waals surface area contributed by atoms with E-state index in [9.17, 15) is 10.1 Å². The van der Waals surface area contributed by atoms with Crippen LogP contribution in [0.2, 0.25) is 0 Å². The summed E-state index contributed by atoms with van der Waals surface area (Å²) in [6, 6.07) is 3.36. The Kier molecular flexibility index (Phi) is 3.49. The number of hydrogen-bond donors (Lipinski definition) is 1. The molecule has 1 amide bonds. The van der Waals surface area contributed by atoms with Crippen molar-refractivity contribution in [3.05, 3.63) is 0 Å². The van der Waals surface area contributed by atoms with Gasteiger partial charge in [0.25, 0.3) is 0 Å². The number of carbonyl (C=O) groups excluding carboxylic acids is 1. The van der Waals surface area contributed by atoms with Gasteiger partial charge in [-0.1, -0.05) is 19.3 Å². The number of carbonyl (C=O) groups is 1. The van der Waals surface area contributed by atoms with Crippen molar-refractivity contribution in [2.45, 2.75) is 63.5 Å². The molecule has 1 saturated heterocycles. The first-order chi connectivity index (χ1) is 9.23. The summed E-state index contributed by atoms with van der Waals surface area (Å²) in [5.41, 5.74) is -0.731. The van der Waals surface area contributed by atoms with E-state index in [1.165, 1.54) is 12.8 Å². The van der Waals surface area contributed by atoms with E-state index < -0.39 is 5.41 Å². The van der Waals surface area contributed by atoms with Gasteiger partial charge in [-0.3, -0.25) is 9.69 Å². The summed E-state index contributed by atoms with van der Waals surface area (Å²) in [5, 5.41) is 12.6. The first-order valence-corrected chi connectivity index (χ1v) is 7.70. The Bertz CT molecular complexity index is 391. The van der Waals surface area contributed by atoms with E-state index in [1.54, 1.807) is 0 Å². The van der Waals surface area contributed by atoms with Crippen LogP contribution >= 0.6 is 0 Å². The Balaban J connectivity index is 1.56. The molecule has 104 valence electrons. The molecule has 3 aliphatic rings. The summed E-state index contributed by atoms with van der Waals surface area (Å²) in [4.78, 5) is 14.9. The van der Waals surface area contributed by atoms with Crippen LogP contribution in [0.1, 0.15) is 51.4 Å². The molecule has 2 aliphatic carbocycles. The summed E-state index contributed by atoms with van der Waals surface area (Å²) in [6.45, 7) is 2.09. The molecule has 19 heavy (non-hydrogen) atoms. The highest BCUT2D eigenvalue weighted by atomic mass is 16.2. The third kappa shape index (κ3) is 2.62. The molecule has 0 aromatic rings. The van der Waals surface area contributed by atoms with Crippen LogP contribution in [0.3, 0.4) is 0 Å². The van der Waals surface area contributed by atoms with Gasteiger partial charge in [-0.25, -0.2) is 0 Å². The van der Waals surface area contributed by atoms with Gasteiger partial charge in [-0.15, -0.1) is 0 Å². The van der Waals surface area contributed by atoms with E-state index in [4.69, 9.17) is 0 Å². The monoisotopic (exact) mass is 261 g/mol. The summed E-state index contributed by atoms with van der Waals surface area (Å²) in [5.74, 6) is -0.00246. The quantitative estimate of drug-likeness (QED) is 0.843. The SMILES string of the molecule is N#CC1(C(=O)NC2CCN(C3CC3)C2)CCCCC1. The molecule has 3 fully saturated rings. The van der Waals surface area contributed by atoms with Crippen molar-refractivity contribution in [2.24, 2.45) is 5.41 Å². The van der Waals surface area contributed by atoms with Crippen LogP contribution in [0.5, 0.6) is 0 Å². The van der Waals surface area contributed by atoms with Crippen LogP contribution in [-0.4, -0.2) is 36.0 Å². The van der Waals surface area contributed by atoms with E-state index in [0.717, 1.165) is 57.7 Å². The van der Waals surface area contributed by atoms with Gasteiger partial charge in [-0.2, -0.15) is 5.26 Å². The molecule has 0 bridgehead atoms. The summed E-state index contributed by atoms with van der Waals surface area (Å²) < 4.78 is 0. The number of likely N-dealkylation sites (tertiary alicyclic amines) is 1. The second-order valence-electron chi connectivity index (χ2n) is 6.44. The molecule has 0 aromatic carbocycles. The van der Waals surface area contributed by atoms with Crippen molar-refractivity contribution in [3.63, 3.8) is 0 Å². The second kappa shape index (κ2) is 5.13. The average molecular weight is 261 g/mol. The van der Waals surface area contributed by atoms with Crippen molar-refractivity contribution >= 4 is 5.91 Å². The third-order valence-electron chi connectivity index (χ3n) is 4.97. The standard InChI is InChI=1S/C15H23N3O/c16-11-15(7-2-1-3-8-15)14(19)17-12-6-9-18(10-12)13-4-5-13/h12-13H,1-10H2,(H,17,19). The lowest BCUT2D eigenvalue weighted by Gasteiger charge is -2.30. The van der Waals surface area contributed by atoms with E-state index in [1.807, 2.05) is 0 Å². The largest absolute Gasteiger partial charge is 0.351 e. The molecule has 3 rings (SSSR count). The van der Waals surface area contributed by atoms with Crippen LogP contribution < -0.4 is 5.32 Å². The van der Waals surface area contributed by atoms with E-state index in [0.29, 0.717) is 0 Å². The Morgan fingerprint density at radius 3 is 2.58 bits per heavy atom. The fourth-order valence-electron chi connectivity index (χ4n) is 3.54. The topological polar surface area (TPSA) is 56.1 Å². The van der Waals surface area contributed by atoms with Gasteiger partial charge in [0.15, 0.2) is 0 Å². The number of amides is 1. The Hall–Kier alpha value is -1.08. The molecule has 2 saturated carbocycles. The van der Waals surface area contributed by atoms with Gasteiger partial charge in [0.2, 0.25) is 5.91 Å². The highest BCUT2D eigenvalue weighted by Gasteiger charge is 2.42. The molecular weight excluding hydrogens is 238 g/mol. The second-order valence-corrected chi connectivity index (χ2v) is 6.44. The fraction of sp³-hybridized carbons (Fsp3) is 0.867. The van der Waals surface area contributed by atoms with Crippen LogP contribution in [0, 0.1) is 16.7 Å². The number of nitriles is 1. The maximum Gasteiger partial charge on any atom is 0.240 e. The Labute approximate surface area is 115 Å². The molecule has 0 spiro atoms. The molecular formula is C15H23N3O. The molecule has 1 heterocycles. The van der Waals surface area contributed by atoms with Crippen LogP contribution in [-0.2, 0) is 4.79 Å². The molecule has 0 aromatic heterocycles. The van der Waals surface area contributed by atoms with Crippen LogP contribution in [0.4, 0.5) is 0 Å². The molecule has 1 unspecified atom stereocenters. The van der Waals surface area contributed by atoms with Gasteiger partial charge >= 0.3 is 0 Å². The minimum atomic E-state index is -0.731. The van der Waals surface area contributed by atoms with Crippen LogP contribution in [0.25, 0.3) is 0 Å². The molecule has 4 nitrogen and oxygen atoms in total. The highest BCUT2D eigenvalue weighted by Crippen LogP contribution is 2.36. The lowest BCUT2D eigenvalue weighted by molar-refractivity contribution is -0.130. The predicted molar refractivity (Wildman–Crippen MR) is 72.3 cm³/mol. The zero-order valence-corrected chi connectivity index (χ0v) is 11.5. The minimum Gasteiger partial charge on any atom is -0.351 e. The average Bonchev–Trinajstić information content (AvgIpc) is 3.20. The third-order valence-corrected chi connectivity index (χ3v) is 4.97. The Morgan fingerprint density at radius 2 is 1.95 bits per heavy atom. The number of nitrogens with one attached hydrogen (secondary N) is 1. The van der Waals surface area contributed by atoms with Gasteiger partial charge in [0.1, 0.15) is 5.41 Å². The lowest BCUT2D eigenvalue weighted by Crippen LogP contribution is -2.46. The number of rotatable bonds is 3. The predicted octanol–water partition coefficient (Wildman–Crippen LogP) is 1.81. The minimum absolute atomic E-state index is 0.00246. The normalized spacial score (nSPS) is 30.8. The van der Waals surface area contributed by atoms with Gasteiger partial charge in [0.05, 0.1) is 6.07 Å². The summed E-state index contributed by atoms with van der Waals surface area (Å²) in [7, 11) is 0. The van der Waals surface area contributed by atoms with Crippen molar-refractivity contribution in [1.82, 2.24) is 10.2 Å². The highest BCUT2D eigenvalue weighted by molar-refractivity contribution is 5.85. The molecule has 1 aliphatic heterocycles. The molecule has 4 heteroatoms. The lowest BCUT2D eigenvalue weighted by atomic mass is 9.74. The summed E-state index contributed by atoms with van der Waals surface area (Å²) >= 11 is 0. The van der Waals surface area contributed by atoms with E-state index >= 15 is 0 Å². The zero-order valence-electron chi connectivity index (χ0n) is 11.5. The van der Waals surface area contributed by atoms with E-state index in [2.05, 4.69) is 16.3 Å². The van der Waals surface area contributed by atoms with Gasteiger partial charge in [0, 0.05) is 25.2 Å². The van der Waals surface area contributed by atoms with Crippen molar-refractivity contribution in [2.75, 3.05) is 13.1 Å². The number of nitrogens with zero attached hydrogens (tertiary/aromatic N) is 2. The van der Waals surface area contributed by atoms with Crippen molar-refractivity contribution in [3.8, 4) is 6.07 Å². The van der Waals surface area contributed by atoms with Crippen molar-refractivity contribution in [1.29, 1.82) is 5.26 Å². The van der Waals surface area contributed by atoms with E-state index in [-0.39, 0.29) is 11.9 Å². The van der Waals surface area contributed by atoms with Gasteiger partial charge in [-0.05, 0) is 32.1 Å². The summed E-state index contributed by atoms with van der Waals surface area (Å²) in [6.07, 6.45) is 8.37. The zero-order chi connectivity index (χ0) is 13.3. The van der Waals surface area contributed by atoms with Gasteiger partial charge < -0.3 is 5.32 Å². The molecule has 1 N–H and O–H groups in total. The molecule has 1 atom stereocenters. The maximum atomic E-state index is 12.4. The van der Waals surface area contributed by atoms with Crippen LogP contribution in [0.15, 0.2) is 0 Å². The van der Waals surface area contributed by atoms with Crippen molar-refractivity contribution < 1.29 is 4.79 Å². The smallest absolute Gasteiger partial charge is 0.240 e.